The highest BCUT2D eigenvalue weighted by atomic mass is 16.6. The van der Waals surface area contributed by atoms with E-state index in [1.54, 1.807) is 41.5 Å². The van der Waals surface area contributed by atoms with E-state index in [2.05, 4.69) is 0 Å². The minimum absolute atomic E-state index is 0.00355. The Hall–Kier alpha value is -3.99. The minimum Gasteiger partial charge on any atom is -0.463 e. The maximum atomic E-state index is 15.0. The lowest BCUT2D eigenvalue weighted by Crippen LogP contribution is -2.50. The van der Waals surface area contributed by atoms with Gasteiger partial charge in [0.2, 0.25) is 0 Å². The summed E-state index contributed by atoms with van der Waals surface area (Å²) in [7, 11) is 10.0. The van der Waals surface area contributed by atoms with Crippen LogP contribution in [0, 0.1) is 37.9 Å². The lowest BCUT2D eigenvalue weighted by Gasteiger charge is -2.46. The molecule has 0 saturated carbocycles. The third-order valence-corrected chi connectivity index (χ3v) is 12.7. The van der Waals surface area contributed by atoms with Gasteiger partial charge in [0.15, 0.2) is 0 Å². The van der Waals surface area contributed by atoms with Crippen molar-refractivity contribution in [3.05, 3.63) is 0 Å². The number of carbonyl (C=O) groups is 7. The molecular weight excluding hydrogens is 949 g/mol. The molecule has 0 aromatic heterocycles. The van der Waals surface area contributed by atoms with E-state index in [9.17, 15) is 33.6 Å². The lowest BCUT2D eigenvalue weighted by molar-refractivity contribution is -0.177. The average molecular weight is 1040 g/mol. The largest absolute Gasteiger partial charge is 0.463 e. The van der Waals surface area contributed by atoms with Crippen LogP contribution in [0.2, 0.25) is 0 Å². The van der Waals surface area contributed by atoms with Crippen LogP contribution in [0.3, 0.4) is 0 Å². The van der Waals surface area contributed by atoms with Crippen LogP contribution in [0.1, 0.15) is 107 Å². The normalized spacial score (nSPS) is 16.7. The third-order valence-electron chi connectivity index (χ3n) is 12.7. The third kappa shape index (κ3) is 22.2. The maximum absolute atomic E-state index is 15.0. The first-order valence-electron chi connectivity index (χ1n) is 24.3. The molecule has 0 spiro atoms. The molecule has 6 atom stereocenters. The molecule has 0 aromatic carbocycles. The highest BCUT2D eigenvalue weighted by molar-refractivity contribution is 5.86. The highest BCUT2D eigenvalue weighted by Gasteiger charge is 2.58. The van der Waals surface area contributed by atoms with E-state index in [0.717, 1.165) is 0 Å². The van der Waals surface area contributed by atoms with Gasteiger partial charge in [0, 0.05) is 49.8 Å². The molecule has 0 aliphatic carbocycles. The molecule has 72 heavy (non-hydrogen) atoms. The average Bonchev–Trinajstić information content (AvgIpc) is 3.31. The molecular formula is C51H90O21. The molecule has 0 aliphatic rings. The molecule has 0 N–H and O–H groups in total. The Morgan fingerprint density at radius 3 is 0.611 bits per heavy atom. The van der Waals surface area contributed by atoms with Crippen molar-refractivity contribution in [2.24, 2.45) is 37.9 Å². The Morgan fingerprint density at radius 2 is 0.417 bits per heavy atom. The zero-order valence-electron chi connectivity index (χ0n) is 46.4. The lowest BCUT2D eigenvalue weighted by atomic mass is 9.57. The number of hydrogen-bond donors (Lipinski definition) is 0. The Bertz CT molecular complexity index is 1670. The van der Waals surface area contributed by atoms with Gasteiger partial charge in [0.1, 0.15) is 46.2 Å². The molecule has 0 bridgehead atoms. The van der Waals surface area contributed by atoms with Gasteiger partial charge in [-0.2, -0.15) is 0 Å². The number of ether oxygens (including phenoxy) is 14. The fourth-order valence-corrected chi connectivity index (χ4v) is 9.49. The van der Waals surface area contributed by atoms with E-state index < -0.39 is 92.5 Å². The van der Waals surface area contributed by atoms with E-state index in [-0.39, 0.29) is 125 Å². The summed E-state index contributed by atoms with van der Waals surface area (Å²) < 4.78 is 76.1. The van der Waals surface area contributed by atoms with E-state index in [1.165, 1.54) is 70.5 Å². The highest BCUT2D eigenvalue weighted by Crippen LogP contribution is 2.55. The fraction of sp³-hybridized carbons (Fsp3) is 0.863. The Labute approximate surface area is 428 Å². The summed E-state index contributed by atoms with van der Waals surface area (Å²) >= 11 is 0. The van der Waals surface area contributed by atoms with E-state index in [1.807, 2.05) is 0 Å². The van der Waals surface area contributed by atoms with E-state index in [4.69, 9.17) is 66.3 Å². The van der Waals surface area contributed by atoms with E-state index >= 15 is 0 Å². The molecule has 0 aliphatic heterocycles. The molecule has 0 rings (SSSR count). The van der Waals surface area contributed by atoms with Crippen LogP contribution in [0.4, 0.5) is 0 Å². The summed E-state index contributed by atoms with van der Waals surface area (Å²) in [6, 6.07) is 0. The zero-order chi connectivity index (χ0) is 55.3. The maximum Gasteiger partial charge on any atom is 0.311 e. The topological polar surface area (TPSA) is 249 Å². The molecule has 0 heterocycles. The Balaban J connectivity index is 8.44. The number of carbonyl (C=O) groups excluding carboxylic acids is 7. The van der Waals surface area contributed by atoms with Crippen LogP contribution in [0.25, 0.3) is 0 Å². The number of methoxy groups -OCH3 is 7. The van der Waals surface area contributed by atoms with Crippen LogP contribution in [-0.4, -0.2) is 184 Å². The molecule has 0 radical (unpaired) electrons. The molecule has 21 heteroatoms. The van der Waals surface area contributed by atoms with Gasteiger partial charge in [-0.05, 0) is 100 Å². The monoisotopic (exact) mass is 1040 g/mol. The van der Waals surface area contributed by atoms with Gasteiger partial charge in [-0.25, -0.2) is 0 Å². The van der Waals surface area contributed by atoms with Gasteiger partial charge in [0.05, 0.1) is 84.2 Å². The summed E-state index contributed by atoms with van der Waals surface area (Å²) in [5.74, 6) is -5.41. The second kappa shape index (κ2) is 33.0. The minimum atomic E-state index is -1.87. The Kier molecular flexibility index (Phi) is 31.2. The summed E-state index contributed by atoms with van der Waals surface area (Å²) in [4.78, 5) is 101. The number of rotatable bonds is 41. The van der Waals surface area contributed by atoms with Crippen molar-refractivity contribution in [1.29, 1.82) is 0 Å². The smallest absolute Gasteiger partial charge is 0.311 e. The predicted molar refractivity (Wildman–Crippen MR) is 260 cm³/mol. The van der Waals surface area contributed by atoms with Crippen LogP contribution in [0.15, 0.2) is 0 Å². The second-order valence-corrected chi connectivity index (χ2v) is 20.6. The van der Waals surface area contributed by atoms with Crippen molar-refractivity contribution in [2.75, 3.05) is 142 Å². The van der Waals surface area contributed by atoms with Crippen LogP contribution in [0.5, 0.6) is 0 Å². The number of hydrogen-bond acceptors (Lipinski definition) is 21. The first-order valence-corrected chi connectivity index (χ1v) is 24.3. The van der Waals surface area contributed by atoms with Crippen molar-refractivity contribution in [1.82, 2.24) is 0 Å². The molecule has 0 saturated heterocycles. The first-order chi connectivity index (χ1) is 33.7. The van der Waals surface area contributed by atoms with Gasteiger partial charge < -0.3 is 66.3 Å². The van der Waals surface area contributed by atoms with Gasteiger partial charge in [-0.15, -0.1) is 0 Å². The summed E-state index contributed by atoms with van der Waals surface area (Å²) in [6.07, 6.45) is -1.87. The van der Waals surface area contributed by atoms with Crippen molar-refractivity contribution in [2.45, 2.75) is 107 Å². The van der Waals surface area contributed by atoms with Crippen molar-refractivity contribution < 1.29 is 99.9 Å². The van der Waals surface area contributed by atoms with Gasteiger partial charge >= 0.3 is 41.8 Å². The van der Waals surface area contributed by atoms with E-state index in [0.29, 0.717) is 0 Å². The predicted octanol–water partition coefficient (Wildman–Crippen LogP) is 5.13. The van der Waals surface area contributed by atoms with Gasteiger partial charge in [-0.3, -0.25) is 33.6 Å². The van der Waals surface area contributed by atoms with Gasteiger partial charge in [-0.1, -0.05) is 6.92 Å². The first kappa shape index (κ1) is 68.0. The number of esters is 7. The van der Waals surface area contributed by atoms with Crippen molar-refractivity contribution in [3.8, 4) is 0 Å². The van der Waals surface area contributed by atoms with Crippen molar-refractivity contribution in [3.63, 3.8) is 0 Å². The molecule has 21 nitrogen and oxygen atoms in total. The van der Waals surface area contributed by atoms with Crippen LogP contribution >= 0.6 is 0 Å². The summed E-state index contributed by atoms with van der Waals surface area (Å²) in [6.45, 7) is 13.4. The van der Waals surface area contributed by atoms with Crippen molar-refractivity contribution >= 4 is 41.8 Å². The SMILES string of the molecule is CCC(C)(CC(C)(CC(C)(CC(C)(CC(C)(CC(C)(CC(C)(C)C(=O)OCCOC)C(=O)OCCOC)C(=O)OCCOC)C(=O)OCCOC)C(=O)OCCOC)C(=O)OCCOC)C(=O)OCCOC. The summed E-state index contributed by atoms with van der Waals surface area (Å²) in [5, 5.41) is 0. The molecule has 0 aromatic rings. The molecule has 6 unspecified atom stereocenters. The molecule has 420 valence electrons. The molecule has 0 fully saturated rings. The van der Waals surface area contributed by atoms with Crippen LogP contribution in [-0.2, 0) is 99.9 Å². The van der Waals surface area contributed by atoms with Crippen LogP contribution < -0.4 is 0 Å². The van der Waals surface area contributed by atoms with Gasteiger partial charge in [0.25, 0.3) is 0 Å². The Morgan fingerprint density at radius 1 is 0.250 bits per heavy atom. The molecule has 0 amide bonds. The fourth-order valence-electron chi connectivity index (χ4n) is 9.49. The quantitative estimate of drug-likeness (QED) is 0.0437. The standard InChI is InChI=1S/C51H90O21/c1-17-46(4,39(53)67-26-19-60-11)33-48(6,41(55)69-28-21-62-13)35-50(8,43(57)71-30-23-64-15)37-51(9,44(58)72-31-24-65-16)36-49(7,42(56)70-29-22-63-14)34-47(5,40(54)68-27-20-61-12)32-45(2,3)38(52)66-25-18-59-10/h17-37H2,1-16H3. The summed E-state index contributed by atoms with van der Waals surface area (Å²) in [5.41, 5.74) is -11.6. The second-order valence-electron chi connectivity index (χ2n) is 20.6. The zero-order valence-corrected chi connectivity index (χ0v) is 46.4.